The summed E-state index contributed by atoms with van der Waals surface area (Å²) in [5.41, 5.74) is 3.93. The van der Waals surface area contributed by atoms with Gasteiger partial charge in [-0.3, -0.25) is 9.59 Å². The number of nitrogens with two attached hydrogens (primary N) is 1. The minimum absolute atomic E-state index is 0. The van der Waals surface area contributed by atoms with Gasteiger partial charge in [-0.15, -0.1) is 0 Å². The van der Waals surface area contributed by atoms with E-state index in [0.717, 1.165) is 6.54 Å². The van der Waals surface area contributed by atoms with E-state index in [2.05, 4.69) is 5.32 Å². The third-order valence-corrected chi connectivity index (χ3v) is 3.47. The Morgan fingerprint density at radius 1 is 1.22 bits per heavy atom. The Balaban J connectivity index is 0.000000321. The van der Waals surface area contributed by atoms with Gasteiger partial charge in [0.15, 0.2) is 5.41 Å². The number of nitrogens with one attached hydrogen (secondary N) is 1. The summed E-state index contributed by atoms with van der Waals surface area (Å²) in [6.45, 7) is 1.97. The van der Waals surface area contributed by atoms with Crippen LogP contribution in [0.15, 0.2) is 0 Å². The van der Waals surface area contributed by atoms with E-state index in [1.54, 1.807) is 0 Å². The van der Waals surface area contributed by atoms with Crippen LogP contribution in [-0.4, -0.2) is 41.3 Å². The zero-order valence-electron chi connectivity index (χ0n) is 10.1. The van der Waals surface area contributed by atoms with E-state index in [1.807, 2.05) is 0 Å². The summed E-state index contributed by atoms with van der Waals surface area (Å²) < 4.78 is 0. The first-order chi connectivity index (χ1) is 8.03. The van der Waals surface area contributed by atoms with Crippen LogP contribution >= 0.6 is 0 Å². The van der Waals surface area contributed by atoms with Crippen molar-refractivity contribution in [3.05, 3.63) is 0 Å². The minimum atomic E-state index is -1.44. The van der Waals surface area contributed by atoms with E-state index < -0.39 is 17.4 Å². The fraction of sp³-hybridized carbons (Fsp3) is 0.818. The van der Waals surface area contributed by atoms with E-state index in [9.17, 15) is 9.59 Å². The Morgan fingerprint density at radius 3 is 1.89 bits per heavy atom. The molecule has 5 N–H and O–H groups in total. The average Bonchev–Trinajstić information content (AvgIpc) is 2.67. The van der Waals surface area contributed by atoms with Crippen LogP contribution in [0.1, 0.15) is 32.1 Å². The molecule has 2 rings (SSSR count). The van der Waals surface area contributed by atoms with Crippen molar-refractivity contribution in [2.45, 2.75) is 38.1 Å². The molecule has 6 nitrogen and oxygen atoms in total. The molecule has 0 radical (unpaired) electrons. The van der Waals surface area contributed by atoms with Gasteiger partial charge < -0.3 is 21.3 Å². The van der Waals surface area contributed by atoms with Crippen LogP contribution in [0.4, 0.5) is 0 Å². The molecule has 1 saturated carbocycles. The molecule has 0 bridgehead atoms. The molecule has 18 heavy (non-hydrogen) atoms. The van der Waals surface area contributed by atoms with Crippen LogP contribution in [0, 0.1) is 5.41 Å². The molecule has 0 aromatic carbocycles. The standard InChI is InChI=1S/C6H8O4.C5H12N2.Pt/c7-4(8)6(5(9)10)2-1-3-6;6-4-5-2-1-3-7-5;/h1-3H2,(H,7,8)(H,9,10);5,7H,1-4,6H2;/t;5-;/m.0./s1. The largest absolute Gasteiger partial charge is 0.480 e. The van der Waals surface area contributed by atoms with Crippen LogP contribution in [0.5, 0.6) is 0 Å². The predicted molar refractivity (Wildman–Crippen MR) is 61.6 cm³/mol. The monoisotopic (exact) mass is 439 g/mol. The van der Waals surface area contributed by atoms with Crippen LogP contribution < -0.4 is 11.1 Å². The zero-order chi connectivity index (χ0) is 12.9. The van der Waals surface area contributed by atoms with Crippen LogP contribution in [0.25, 0.3) is 0 Å². The van der Waals surface area contributed by atoms with Gasteiger partial charge in [-0.05, 0) is 38.6 Å². The summed E-state index contributed by atoms with van der Waals surface area (Å²) in [6.07, 6.45) is 3.84. The first-order valence-corrected chi connectivity index (χ1v) is 5.93. The molecular weight excluding hydrogens is 419 g/mol. The Bertz CT molecular complexity index is 273. The summed E-state index contributed by atoms with van der Waals surface area (Å²) in [5, 5.41) is 20.2. The maximum Gasteiger partial charge on any atom is 0.321 e. The molecule has 1 aliphatic carbocycles. The van der Waals surface area contributed by atoms with Gasteiger partial charge in [-0.25, -0.2) is 0 Å². The van der Waals surface area contributed by atoms with Gasteiger partial charge in [0.1, 0.15) is 0 Å². The number of carboxylic acids is 2. The molecule has 0 amide bonds. The Labute approximate surface area is 121 Å². The van der Waals surface area contributed by atoms with Crippen molar-refractivity contribution < 1.29 is 40.9 Å². The van der Waals surface area contributed by atoms with Gasteiger partial charge >= 0.3 is 11.9 Å². The molecule has 1 atom stereocenters. The average molecular weight is 439 g/mol. The summed E-state index contributed by atoms with van der Waals surface area (Å²) in [4.78, 5) is 20.7. The fourth-order valence-electron chi connectivity index (χ4n) is 2.01. The predicted octanol–water partition coefficient (Wildman–Crippen LogP) is 0.0205. The van der Waals surface area contributed by atoms with Gasteiger partial charge in [0.05, 0.1) is 0 Å². The quantitative estimate of drug-likeness (QED) is 0.462. The topological polar surface area (TPSA) is 113 Å². The van der Waals surface area contributed by atoms with Crippen molar-refractivity contribution in [1.29, 1.82) is 0 Å². The van der Waals surface area contributed by atoms with Crippen molar-refractivity contribution in [2.75, 3.05) is 13.1 Å². The normalized spacial score (nSPS) is 23.9. The number of carboxylic acid groups (broad SMARTS) is 2. The molecule has 108 valence electrons. The van der Waals surface area contributed by atoms with Crippen molar-refractivity contribution in [3.63, 3.8) is 0 Å². The maximum absolute atomic E-state index is 10.4. The smallest absolute Gasteiger partial charge is 0.321 e. The minimum Gasteiger partial charge on any atom is -0.480 e. The van der Waals surface area contributed by atoms with Gasteiger partial charge in [0.25, 0.3) is 0 Å². The molecule has 0 unspecified atom stereocenters. The molecule has 2 fully saturated rings. The molecule has 0 spiro atoms. The van der Waals surface area contributed by atoms with Crippen molar-refractivity contribution >= 4 is 11.9 Å². The second-order valence-electron chi connectivity index (χ2n) is 4.57. The van der Waals surface area contributed by atoms with E-state index in [1.165, 1.54) is 19.4 Å². The second-order valence-corrected chi connectivity index (χ2v) is 4.57. The molecule has 1 aliphatic heterocycles. The second kappa shape index (κ2) is 7.87. The molecular formula is C11H20N2O4Pt. The number of hydrogen-bond donors (Lipinski definition) is 4. The summed E-state index contributed by atoms with van der Waals surface area (Å²) in [7, 11) is 0. The number of aliphatic carboxylic acids is 2. The molecule has 1 saturated heterocycles. The Morgan fingerprint density at radius 2 is 1.78 bits per heavy atom. The SMILES string of the molecule is NC[C@@H]1CCCN1.O=C(O)C1(C(=O)O)CCC1.[Pt]. The molecule has 7 heteroatoms. The Hall–Kier alpha value is -0.452. The first kappa shape index (κ1) is 17.5. The van der Waals surface area contributed by atoms with Gasteiger partial charge in [0, 0.05) is 33.7 Å². The van der Waals surface area contributed by atoms with Crippen LogP contribution in [0.2, 0.25) is 0 Å². The van der Waals surface area contributed by atoms with E-state index in [-0.39, 0.29) is 33.9 Å². The molecule has 2 aliphatic rings. The molecule has 0 aromatic rings. The van der Waals surface area contributed by atoms with E-state index in [4.69, 9.17) is 15.9 Å². The third kappa shape index (κ3) is 4.04. The summed E-state index contributed by atoms with van der Waals surface area (Å²) in [6, 6.07) is 0.625. The van der Waals surface area contributed by atoms with Crippen molar-refractivity contribution in [3.8, 4) is 0 Å². The van der Waals surface area contributed by atoms with E-state index in [0.29, 0.717) is 12.5 Å². The first-order valence-electron chi connectivity index (χ1n) is 5.93. The number of carbonyl (C=O) groups is 2. The molecule has 1 heterocycles. The summed E-state index contributed by atoms with van der Waals surface area (Å²) in [5.74, 6) is -2.41. The number of hydrogen-bond acceptors (Lipinski definition) is 4. The number of rotatable bonds is 3. The third-order valence-electron chi connectivity index (χ3n) is 3.47. The Kier molecular flexibility index (Phi) is 7.67. The fourth-order valence-corrected chi connectivity index (χ4v) is 2.01. The van der Waals surface area contributed by atoms with Crippen molar-refractivity contribution in [2.24, 2.45) is 11.1 Å². The van der Waals surface area contributed by atoms with Crippen LogP contribution in [-0.2, 0) is 30.7 Å². The summed E-state index contributed by atoms with van der Waals surface area (Å²) >= 11 is 0. The van der Waals surface area contributed by atoms with Gasteiger partial charge in [0.2, 0.25) is 0 Å². The van der Waals surface area contributed by atoms with E-state index >= 15 is 0 Å². The van der Waals surface area contributed by atoms with Crippen LogP contribution in [0.3, 0.4) is 0 Å². The zero-order valence-corrected chi connectivity index (χ0v) is 12.4. The van der Waals surface area contributed by atoms with Crippen molar-refractivity contribution in [1.82, 2.24) is 5.32 Å². The van der Waals surface area contributed by atoms with Gasteiger partial charge in [-0.2, -0.15) is 0 Å². The maximum atomic E-state index is 10.4. The van der Waals surface area contributed by atoms with Gasteiger partial charge in [-0.1, -0.05) is 0 Å². The molecule has 0 aromatic heterocycles.